The van der Waals surface area contributed by atoms with Crippen molar-refractivity contribution in [3.05, 3.63) is 11.8 Å². The largest absolute Gasteiger partial charge is 0.423 e. The number of aromatic nitrogens is 2. The van der Waals surface area contributed by atoms with Crippen LogP contribution in [0.25, 0.3) is 0 Å². The van der Waals surface area contributed by atoms with E-state index in [2.05, 4.69) is 50.1 Å². The summed E-state index contributed by atoms with van der Waals surface area (Å²) in [7, 11) is 0. The molecule has 0 aromatic carbocycles. The lowest BCUT2D eigenvalue weighted by Gasteiger charge is -2.17. The van der Waals surface area contributed by atoms with Crippen molar-refractivity contribution in [1.82, 2.24) is 15.5 Å². The molecule has 0 bridgehead atoms. The van der Waals surface area contributed by atoms with Crippen molar-refractivity contribution in [2.45, 2.75) is 58.9 Å². The molecular weight excluding hydrogens is 202 g/mol. The van der Waals surface area contributed by atoms with Gasteiger partial charge < -0.3 is 9.73 Å². The second-order valence-electron chi connectivity index (χ2n) is 4.70. The molecule has 1 N–H and O–H groups in total. The predicted octanol–water partition coefficient (Wildman–Crippen LogP) is 2.82. The Morgan fingerprint density at radius 2 is 1.94 bits per heavy atom. The zero-order chi connectivity index (χ0) is 12.2. The van der Waals surface area contributed by atoms with Gasteiger partial charge in [0.15, 0.2) is 0 Å². The maximum absolute atomic E-state index is 5.76. The van der Waals surface area contributed by atoms with Gasteiger partial charge in [0, 0.05) is 5.41 Å². The van der Waals surface area contributed by atoms with Crippen molar-refractivity contribution in [2.24, 2.45) is 0 Å². The molecule has 1 unspecified atom stereocenters. The third kappa shape index (κ3) is 2.82. The van der Waals surface area contributed by atoms with Gasteiger partial charge in [-0.05, 0) is 19.4 Å². The normalized spacial score (nSPS) is 14.1. The van der Waals surface area contributed by atoms with Crippen LogP contribution in [0.5, 0.6) is 0 Å². The van der Waals surface area contributed by atoms with Crippen LogP contribution < -0.4 is 5.32 Å². The molecule has 1 heterocycles. The fourth-order valence-electron chi connectivity index (χ4n) is 1.45. The van der Waals surface area contributed by atoms with E-state index >= 15 is 0 Å². The van der Waals surface area contributed by atoms with Crippen LogP contribution in [0.15, 0.2) is 4.42 Å². The Balaban J connectivity index is 2.85. The number of hydrogen-bond acceptors (Lipinski definition) is 4. The molecule has 16 heavy (non-hydrogen) atoms. The minimum Gasteiger partial charge on any atom is -0.423 e. The summed E-state index contributed by atoms with van der Waals surface area (Å²) in [6.45, 7) is 11.5. The van der Waals surface area contributed by atoms with Gasteiger partial charge in [-0.3, -0.25) is 0 Å². The Morgan fingerprint density at radius 3 is 2.44 bits per heavy atom. The quantitative estimate of drug-likeness (QED) is 0.808. The van der Waals surface area contributed by atoms with Gasteiger partial charge in [0.05, 0.1) is 6.04 Å². The molecular formula is C12H23N3O. The monoisotopic (exact) mass is 225 g/mol. The van der Waals surface area contributed by atoms with Crippen molar-refractivity contribution < 1.29 is 4.42 Å². The molecule has 0 saturated heterocycles. The summed E-state index contributed by atoms with van der Waals surface area (Å²) in [4.78, 5) is 0. The van der Waals surface area contributed by atoms with Crippen LogP contribution in [0.3, 0.4) is 0 Å². The number of nitrogens with zero attached hydrogens (tertiary/aromatic N) is 2. The van der Waals surface area contributed by atoms with Crippen molar-refractivity contribution >= 4 is 0 Å². The van der Waals surface area contributed by atoms with Gasteiger partial charge in [-0.15, -0.1) is 10.2 Å². The zero-order valence-electron chi connectivity index (χ0n) is 11.0. The second kappa shape index (κ2) is 5.43. The molecule has 4 heteroatoms. The molecule has 4 nitrogen and oxygen atoms in total. The molecule has 1 aromatic heterocycles. The zero-order valence-corrected chi connectivity index (χ0v) is 11.0. The summed E-state index contributed by atoms with van der Waals surface area (Å²) < 4.78 is 5.76. The van der Waals surface area contributed by atoms with Crippen LogP contribution in [0.1, 0.15) is 65.3 Å². The van der Waals surface area contributed by atoms with Gasteiger partial charge >= 0.3 is 0 Å². The van der Waals surface area contributed by atoms with E-state index in [1.807, 2.05) is 0 Å². The molecule has 92 valence electrons. The minimum absolute atomic E-state index is 0.0320. The van der Waals surface area contributed by atoms with Gasteiger partial charge in [0.25, 0.3) is 0 Å². The van der Waals surface area contributed by atoms with Gasteiger partial charge in [0.2, 0.25) is 11.8 Å². The first-order valence-corrected chi connectivity index (χ1v) is 6.12. The molecule has 0 aliphatic heterocycles. The summed E-state index contributed by atoms with van der Waals surface area (Å²) in [6.07, 6.45) is 1.95. The maximum atomic E-state index is 5.76. The van der Waals surface area contributed by atoms with E-state index in [-0.39, 0.29) is 11.5 Å². The van der Waals surface area contributed by atoms with E-state index in [9.17, 15) is 0 Å². The molecule has 0 saturated carbocycles. The lowest BCUT2D eigenvalue weighted by atomic mass is 9.90. The SMILES string of the molecule is CCNC(CC)c1nnc(C(C)(C)CC)o1. The third-order valence-corrected chi connectivity index (χ3v) is 3.06. The van der Waals surface area contributed by atoms with E-state index in [4.69, 9.17) is 4.42 Å². The van der Waals surface area contributed by atoms with Gasteiger partial charge in [-0.25, -0.2) is 0 Å². The highest BCUT2D eigenvalue weighted by molar-refractivity contribution is 5.00. The summed E-state index contributed by atoms with van der Waals surface area (Å²) in [6, 6.07) is 0.180. The van der Waals surface area contributed by atoms with E-state index in [1.165, 1.54) is 0 Å². The summed E-state index contributed by atoms with van der Waals surface area (Å²) in [5.74, 6) is 1.45. The van der Waals surface area contributed by atoms with Gasteiger partial charge in [-0.2, -0.15) is 0 Å². The topological polar surface area (TPSA) is 51.0 Å². The highest BCUT2D eigenvalue weighted by Gasteiger charge is 2.26. The Bertz CT molecular complexity index is 320. The van der Waals surface area contributed by atoms with Crippen molar-refractivity contribution in [1.29, 1.82) is 0 Å². The number of nitrogens with one attached hydrogen (secondary N) is 1. The van der Waals surface area contributed by atoms with Crippen LogP contribution in [0, 0.1) is 0 Å². The number of rotatable bonds is 6. The standard InChI is InChI=1S/C12H23N3O/c1-6-9(13-8-3)10-14-15-11(16-10)12(4,5)7-2/h9,13H,6-8H2,1-5H3. The third-order valence-electron chi connectivity index (χ3n) is 3.06. The summed E-state index contributed by atoms with van der Waals surface area (Å²) in [5.41, 5.74) is -0.0320. The lowest BCUT2D eigenvalue weighted by molar-refractivity contribution is 0.319. The summed E-state index contributed by atoms with van der Waals surface area (Å²) in [5, 5.41) is 11.6. The Labute approximate surface area is 97.8 Å². The fraction of sp³-hybridized carbons (Fsp3) is 0.833. The molecule has 0 fully saturated rings. The molecule has 0 amide bonds. The minimum atomic E-state index is -0.0320. The molecule has 0 radical (unpaired) electrons. The number of hydrogen-bond donors (Lipinski definition) is 1. The van der Waals surface area contributed by atoms with E-state index in [1.54, 1.807) is 0 Å². The van der Waals surface area contributed by atoms with E-state index in [0.717, 1.165) is 25.3 Å². The molecule has 1 atom stereocenters. The Hall–Kier alpha value is -0.900. The predicted molar refractivity (Wildman–Crippen MR) is 64.3 cm³/mol. The molecule has 0 spiro atoms. The summed E-state index contributed by atoms with van der Waals surface area (Å²) >= 11 is 0. The van der Waals surface area contributed by atoms with Crippen LogP contribution in [0.4, 0.5) is 0 Å². The smallest absolute Gasteiger partial charge is 0.233 e. The first-order chi connectivity index (χ1) is 7.55. The molecule has 1 aromatic rings. The highest BCUT2D eigenvalue weighted by atomic mass is 16.4. The average Bonchev–Trinajstić information content (AvgIpc) is 2.75. The van der Waals surface area contributed by atoms with Crippen LogP contribution in [-0.2, 0) is 5.41 Å². The van der Waals surface area contributed by atoms with Gasteiger partial charge in [-0.1, -0.05) is 34.6 Å². The van der Waals surface area contributed by atoms with Crippen molar-refractivity contribution in [2.75, 3.05) is 6.54 Å². The fourth-order valence-corrected chi connectivity index (χ4v) is 1.45. The van der Waals surface area contributed by atoms with Crippen molar-refractivity contribution in [3.8, 4) is 0 Å². The van der Waals surface area contributed by atoms with E-state index in [0.29, 0.717) is 5.89 Å². The van der Waals surface area contributed by atoms with Crippen molar-refractivity contribution in [3.63, 3.8) is 0 Å². The first-order valence-electron chi connectivity index (χ1n) is 6.12. The maximum Gasteiger partial charge on any atom is 0.233 e. The molecule has 0 aliphatic carbocycles. The highest BCUT2D eigenvalue weighted by Crippen LogP contribution is 2.27. The Kier molecular flexibility index (Phi) is 4.47. The average molecular weight is 225 g/mol. The second-order valence-corrected chi connectivity index (χ2v) is 4.70. The lowest BCUT2D eigenvalue weighted by Crippen LogP contribution is -2.20. The van der Waals surface area contributed by atoms with Crippen LogP contribution in [-0.4, -0.2) is 16.7 Å². The molecule has 0 aliphatic rings. The Morgan fingerprint density at radius 1 is 1.25 bits per heavy atom. The van der Waals surface area contributed by atoms with Gasteiger partial charge in [0.1, 0.15) is 0 Å². The first kappa shape index (κ1) is 13.2. The van der Waals surface area contributed by atoms with Crippen LogP contribution >= 0.6 is 0 Å². The van der Waals surface area contributed by atoms with E-state index < -0.39 is 0 Å². The molecule has 1 rings (SSSR count). The van der Waals surface area contributed by atoms with Crippen LogP contribution in [0.2, 0.25) is 0 Å².